The lowest BCUT2D eigenvalue weighted by Crippen LogP contribution is -2.62. The van der Waals surface area contributed by atoms with Crippen LogP contribution in [0, 0.1) is 5.41 Å². The predicted octanol–water partition coefficient (Wildman–Crippen LogP) is 1.94. The van der Waals surface area contributed by atoms with Gasteiger partial charge in [-0.05, 0) is 53.0 Å². The maximum Gasteiger partial charge on any atom is 0.318 e. The average molecular weight is 426 g/mol. The van der Waals surface area contributed by atoms with Crippen molar-refractivity contribution < 1.29 is 14.4 Å². The number of likely N-dealkylation sites (tertiary alicyclic amines) is 1. The first-order valence-corrected chi connectivity index (χ1v) is 11.0. The second kappa shape index (κ2) is 9.98. The van der Waals surface area contributed by atoms with Gasteiger partial charge in [0.25, 0.3) is 0 Å². The van der Waals surface area contributed by atoms with Crippen LogP contribution in [-0.2, 0) is 9.59 Å². The van der Waals surface area contributed by atoms with Crippen LogP contribution in [0.3, 0.4) is 0 Å². The molecule has 1 aliphatic heterocycles. The van der Waals surface area contributed by atoms with Crippen molar-refractivity contribution in [3.05, 3.63) is 0 Å². The van der Waals surface area contributed by atoms with Gasteiger partial charge in [-0.15, -0.1) is 0 Å². The fraction of sp³-hybridized carbons (Fsp3) is 0.864. The molecule has 30 heavy (non-hydrogen) atoms. The van der Waals surface area contributed by atoms with E-state index in [0.29, 0.717) is 13.0 Å². The van der Waals surface area contributed by atoms with E-state index in [1.54, 1.807) is 25.9 Å². The zero-order valence-electron chi connectivity index (χ0n) is 20.5. The molecule has 174 valence electrons. The number of hydrogen-bond acceptors (Lipinski definition) is 4. The fourth-order valence-corrected chi connectivity index (χ4v) is 4.10. The molecular weight excluding hydrogens is 382 g/mol. The van der Waals surface area contributed by atoms with E-state index >= 15 is 0 Å². The molecule has 0 aromatic rings. The summed E-state index contributed by atoms with van der Waals surface area (Å²) < 4.78 is 0. The Hall–Kier alpha value is -1.83. The molecule has 0 spiro atoms. The van der Waals surface area contributed by atoms with E-state index in [1.165, 1.54) is 0 Å². The summed E-state index contributed by atoms with van der Waals surface area (Å²) >= 11 is 0. The molecule has 8 nitrogen and oxygen atoms in total. The first-order valence-electron chi connectivity index (χ1n) is 11.0. The average Bonchev–Trinajstić information content (AvgIpc) is 3.00. The van der Waals surface area contributed by atoms with Gasteiger partial charge in [-0.1, -0.05) is 27.7 Å². The van der Waals surface area contributed by atoms with Gasteiger partial charge in [0.05, 0.1) is 17.6 Å². The summed E-state index contributed by atoms with van der Waals surface area (Å²) in [5.41, 5.74) is -0.932. The molecule has 4 unspecified atom stereocenters. The summed E-state index contributed by atoms with van der Waals surface area (Å²) in [7, 11) is 3.50. The molecule has 1 fully saturated rings. The second-order valence-electron chi connectivity index (χ2n) is 10.0. The van der Waals surface area contributed by atoms with Gasteiger partial charge in [-0.25, -0.2) is 4.79 Å². The monoisotopic (exact) mass is 425 g/mol. The number of likely N-dealkylation sites (N-methyl/N-ethyl adjacent to an activating group) is 2. The number of urea groups is 1. The molecule has 1 rings (SSSR count). The Morgan fingerprint density at radius 1 is 1.17 bits per heavy atom. The lowest BCUT2D eigenvalue weighted by molar-refractivity contribution is -0.141. The van der Waals surface area contributed by atoms with Crippen LogP contribution in [0.5, 0.6) is 0 Å². The van der Waals surface area contributed by atoms with Crippen LogP contribution in [-0.4, -0.2) is 78.0 Å². The minimum atomic E-state index is -0.662. The topological polar surface area (TPSA) is 93.8 Å². The Labute approximate surface area is 182 Å². The normalized spacial score (nSPS) is 23.8. The summed E-state index contributed by atoms with van der Waals surface area (Å²) in [4.78, 5) is 42.4. The highest BCUT2D eigenvalue weighted by Gasteiger charge is 2.50. The van der Waals surface area contributed by atoms with Crippen molar-refractivity contribution in [2.24, 2.45) is 5.41 Å². The number of carbonyl (C=O) groups is 3. The molecule has 4 amide bonds. The quantitative estimate of drug-likeness (QED) is 0.581. The summed E-state index contributed by atoms with van der Waals surface area (Å²) in [6.45, 7) is 16.2. The van der Waals surface area contributed by atoms with Crippen LogP contribution in [0.15, 0.2) is 0 Å². The first kappa shape index (κ1) is 26.2. The van der Waals surface area contributed by atoms with E-state index < -0.39 is 23.0 Å². The molecule has 1 heterocycles. The van der Waals surface area contributed by atoms with E-state index in [9.17, 15) is 14.4 Å². The van der Waals surface area contributed by atoms with Crippen molar-refractivity contribution in [3.63, 3.8) is 0 Å². The Bertz CT molecular complexity index is 631. The zero-order chi connectivity index (χ0) is 23.4. The van der Waals surface area contributed by atoms with Gasteiger partial charge < -0.3 is 25.8 Å². The minimum absolute atomic E-state index is 0.0478. The van der Waals surface area contributed by atoms with E-state index in [4.69, 9.17) is 0 Å². The zero-order valence-corrected chi connectivity index (χ0v) is 20.5. The third-order valence-corrected chi connectivity index (χ3v) is 6.37. The van der Waals surface area contributed by atoms with Gasteiger partial charge in [0.15, 0.2) is 0 Å². The third kappa shape index (κ3) is 5.65. The molecule has 0 aromatic carbocycles. The minimum Gasteiger partial charge on any atom is -0.342 e. The maximum absolute atomic E-state index is 13.6. The summed E-state index contributed by atoms with van der Waals surface area (Å²) in [6, 6.07) is -1.23. The lowest BCUT2D eigenvalue weighted by atomic mass is 9.83. The van der Waals surface area contributed by atoms with Gasteiger partial charge in [0.1, 0.15) is 6.04 Å². The number of amides is 4. The largest absolute Gasteiger partial charge is 0.342 e. The highest BCUT2D eigenvalue weighted by molar-refractivity contribution is 5.90. The molecule has 3 N–H and O–H groups in total. The van der Waals surface area contributed by atoms with E-state index in [0.717, 1.165) is 6.42 Å². The van der Waals surface area contributed by atoms with Gasteiger partial charge >= 0.3 is 6.03 Å². The van der Waals surface area contributed by atoms with Gasteiger partial charge in [-0.2, -0.15) is 0 Å². The highest BCUT2D eigenvalue weighted by atomic mass is 16.2. The van der Waals surface area contributed by atoms with Crippen molar-refractivity contribution in [2.45, 2.75) is 97.9 Å². The van der Waals surface area contributed by atoms with Crippen LogP contribution >= 0.6 is 0 Å². The first-order chi connectivity index (χ1) is 13.7. The summed E-state index contributed by atoms with van der Waals surface area (Å²) in [6.07, 6.45) is 1.43. The third-order valence-electron chi connectivity index (χ3n) is 6.37. The predicted molar refractivity (Wildman–Crippen MR) is 120 cm³/mol. The molecule has 0 aliphatic carbocycles. The molecule has 0 bridgehead atoms. The van der Waals surface area contributed by atoms with Crippen LogP contribution in [0.1, 0.15) is 68.2 Å². The summed E-state index contributed by atoms with van der Waals surface area (Å²) in [5, 5.41) is 8.82. The maximum atomic E-state index is 13.6. The van der Waals surface area contributed by atoms with Gasteiger partial charge in [0.2, 0.25) is 11.8 Å². The van der Waals surface area contributed by atoms with Gasteiger partial charge in [0, 0.05) is 19.6 Å². The Balaban J connectivity index is 3.13. The smallest absolute Gasteiger partial charge is 0.318 e. The molecule has 8 heteroatoms. The van der Waals surface area contributed by atoms with Crippen LogP contribution in [0.25, 0.3) is 0 Å². The van der Waals surface area contributed by atoms with E-state index in [2.05, 4.69) is 16.0 Å². The number of hydrogen-bond donors (Lipinski definition) is 3. The number of carbonyl (C=O) groups excluding carboxylic acids is 3. The van der Waals surface area contributed by atoms with Crippen molar-refractivity contribution in [2.75, 3.05) is 20.6 Å². The molecular formula is C22H43N5O3. The van der Waals surface area contributed by atoms with E-state index in [1.807, 2.05) is 53.4 Å². The van der Waals surface area contributed by atoms with E-state index in [-0.39, 0.29) is 29.9 Å². The summed E-state index contributed by atoms with van der Waals surface area (Å²) in [5.74, 6) is -0.336. The number of nitrogens with one attached hydrogen (secondary N) is 3. The van der Waals surface area contributed by atoms with Crippen molar-refractivity contribution >= 4 is 17.8 Å². The van der Waals surface area contributed by atoms with Crippen molar-refractivity contribution in [3.8, 4) is 0 Å². The molecule has 0 aromatic heterocycles. The SMILES string of the molecule is CCC1(C)C(N(C)C(=O)C(NC(=O)C(C)NC)C(C)(C)C)CCN1C(=O)NC(C)C. The van der Waals surface area contributed by atoms with Crippen molar-refractivity contribution in [1.82, 2.24) is 25.8 Å². The lowest BCUT2D eigenvalue weighted by Gasteiger charge is -2.44. The molecule has 0 radical (unpaired) electrons. The molecule has 1 aliphatic rings. The highest BCUT2D eigenvalue weighted by Crippen LogP contribution is 2.36. The number of rotatable bonds is 7. The molecule has 1 saturated heterocycles. The van der Waals surface area contributed by atoms with Crippen LogP contribution in [0.4, 0.5) is 4.79 Å². The molecule has 4 atom stereocenters. The second-order valence-corrected chi connectivity index (χ2v) is 10.0. The Kier molecular flexibility index (Phi) is 8.72. The Morgan fingerprint density at radius 2 is 1.73 bits per heavy atom. The van der Waals surface area contributed by atoms with Crippen LogP contribution < -0.4 is 16.0 Å². The standard InChI is InChI=1S/C22H43N5O3/c1-11-22(8)16(12-13-27(22)20(30)24-14(2)3)26(10)19(29)17(21(5,6)7)25-18(28)15(4)23-9/h14-17,23H,11-13H2,1-10H3,(H,24,30)(H,25,28). The Morgan fingerprint density at radius 3 is 2.17 bits per heavy atom. The van der Waals surface area contributed by atoms with Gasteiger partial charge in [-0.3, -0.25) is 9.59 Å². The number of nitrogens with zero attached hydrogens (tertiary/aromatic N) is 2. The van der Waals surface area contributed by atoms with Crippen molar-refractivity contribution in [1.29, 1.82) is 0 Å². The fourth-order valence-electron chi connectivity index (χ4n) is 4.10. The van der Waals surface area contributed by atoms with Crippen LogP contribution in [0.2, 0.25) is 0 Å². The molecule has 0 saturated carbocycles.